The van der Waals surface area contributed by atoms with Gasteiger partial charge in [-0.1, -0.05) is 6.92 Å². The number of nitrogens with two attached hydrogens (primary N) is 1. The summed E-state index contributed by atoms with van der Waals surface area (Å²) >= 11 is 0. The van der Waals surface area contributed by atoms with Gasteiger partial charge in [-0.25, -0.2) is 4.39 Å². The molecule has 0 amide bonds. The van der Waals surface area contributed by atoms with E-state index >= 15 is 0 Å². The molecule has 0 aromatic heterocycles. The fourth-order valence-electron chi connectivity index (χ4n) is 2.36. The molecule has 2 N–H and O–H groups in total. The lowest BCUT2D eigenvalue weighted by Gasteiger charge is -2.26. The van der Waals surface area contributed by atoms with Crippen molar-refractivity contribution in [3.8, 4) is 0 Å². The Kier molecular flexibility index (Phi) is 2.80. The van der Waals surface area contributed by atoms with Crippen LogP contribution in [0, 0.1) is 5.82 Å². The minimum Gasteiger partial charge on any atom is -0.399 e. The van der Waals surface area contributed by atoms with E-state index in [1.807, 2.05) is 6.07 Å². The van der Waals surface area contributed by atoms with Gasteiger partial charge in [-0.15, -0.1) is 0 Å². The molecule has 1 unspecified atom stereocenters. The fraction of sp³-hybridized carbons (Fsp3) is 0.500. The van der Waals surface area contributed by atoms with Crippen LogP contribution in [0.2, 0.25) is 0 Å². The minimum atomic E-state index is -0.244. The second kappa shape index (κ2) is 4.09. The van der Waals surface area contributed by atoms with Crippen LogP contribution in [-0.2, 0) is 0 Å². The van der Waals surface area contributed by atoms with Gasteiger partial charge in [0.15, 0.2) is 0 Å². The van der Waals surface area contributed by atoms with Gasteiger partial charge in [-0.05, 0) is 37.5 Å². The number of benzene rings is 1. The highest BCUT2D eigenvalue weighted by molar-refractivity contribution is 5.57. The maximum atomic E-state index is 13.2. The van der Waals surface area contributed by atoms with Crippen molar-refractivity contribution >= 4 is 11.4 Å². The van der Waals surface area contributed by atoms with Gasteiger partial charge in [0.05, 0.1) is 0 Å². The smallest absolute Gasteiger partial charge is 0.127 e. The number of rotatable bonds is 2. The zero-order chi connectivity index (χ0) is 10.8. The Labute approximate surface area is 89.9 Å². The van der Waals surface area contributed by atoms with E-state index in [4.69, 9.17) is 5.73 Å². The summed E-state index contributed by atoms with van der Waals surface area (Å²) < 4.78 is 13.2. The van der Waals surface area contributed by atoms with Gasteiger partial charge >= 0.3 is 0 Å². The first-order valence-electron chi connectivity index (χ1n) is 5.53. The van der Waals surface area contributed by atoms with E-state index in [1.54, 1.807) is 6.07 Å². The second-order valence-electron chi connectivity index (χ2n) is 4.14. The molecule has 1 aliphatic heterocycles. The molecule has 0 spiro atoms. The molecular weight excluding hydrogens is 191 g/mol. The normalized spacial score (nSPS) is 20.9. The lowest BCUT2D eigenvalue weighted by atomic mass is 10.1. The monoisotopic (exact) mass is 208 g/mol. The molecule has 2 nitrogen and oxygen atoms in total. The number of halogens is 1. The van der Waals surface area contributed by atoms with Crippen LogP contribution in [0.5, 0.6) is 0 Å². The predicted octanol–water partition coefficient (Wildman–Crippen LogP) is 2.79. The Balaban J connectivity index is 2.28. The summed E-state index contributed by atoms with van der Waals surface area (Å²) in [5.74, 6) is -0.244. The summed E-state index contributed by atoms with van der Waals surface area (Å²) in [4.78, 5) is 2.26. The van der Waals surface area contributed by atoms with Crippen molar-refractivity contribution in [2.75, 3.05) is 17.2 Å². The first-order chi connectivity index (χ1) is 7.20. The number of anilines is 2. The van der Waals surface area contributed by atoms with Crippen molar-refractivity contribution in [2.45, 2.75) is 32.2 Å². The zero-order valence-electron chi connectivity index (χ0n) is 9.04. The van der Waals surface area contributed by atoms with E-state index in [9.17, 15) is 4.39 Å². The summed E-state index contributed by atoms with van der Waals surface area (Å²) in [5.41, 5.74) is 7.08. The van der Waals surface area contributed by atoms with E-state index in [0.717, 1.165) is 18.7 Å². The first kappa shape index (κ1) is 10.3. The summed E-state index contributed by atoms with van der Waals surface area (Å²) in [6, 6.07) is 5.34. The highest BCUT2D eigenvalue weighted by Gasteiger charge is 2.23. The molecule has 1 fully saturated rings. The molecule has 1 saturated heterocycles. The molecule has 1 aromatic rings. The Hall–Kier alpha value is -1.25. The van der Waals surface area contributed by atoms with Crippen LogP contribution in [0.15, 0.2) is 18.2 Å². The average Bonchev–Trinajstić information content (AvgIpc) is 2.63. The van der Waals surface area contributed by atoms with Gasteiger partial charge in [0.2, 0.25) is 0 Å². The van der Waals surface area contributed by atoms with E-state index in [-0.39, 0.29) is 5.82 Å². The maximum absolute atomic E-state index is 13.2. The molecule has 1 aliphatic rings. The van der Waals surface area contributed by atoms with Crippen molar-refractivity contribution in [1.29, 1.82) is 0 Å². The number of nitrogens with zero attached hydrogens (tertiary/aromatic N) is 1. The molecule has 1 aromatic carbocycles. The Morgan fingerprint density at radius 1 is 1.47 bits per heavy atom. The molecule has 0 bridgehead atoms. The third-order valence-corrected chi connectivity index (χ3v) is 3.08. The molecule has 82 valence electrons. The molecule has 0 saturated carbocycles. The predicted molar refractivity (Wildman–Crippen MR) is 61.5 cm³/mol. The first-order valence-corrected chi connectivity index (χ1v) is 5.53. The molecule has 15 heavy (non-hydrogen) atoms. The van der Waals surface area contributed by atoms with Gasteiger partial charge in [-0.2, -0.15) is 0 Å². The van der Waals surface area contributed by atoms with Crippen LogP contribution in [0.25, 0.3) is 0 Å². The Morgan fingerprint density at radius 3 is 2.93 bits per heavy atom. The lowest BCUT2D eigenvalue weighted by molar-refractivity contribution is 0.620. The molecule has 1 atom stereocenters. The van der Waals surface area contributed by atoms with Crippen molar-refractivity contribution in [3.63, 3.8) is 0 Å². The van der Waals surface area contributed by atoms with E-state index in [1.165, 1.54) is 18.9 Å². The van der Waals surface area contributed by atoms with Crippen molar-refractivity contribution in [1.82, 2.24) is 0 Å². The Morgan fingerprint density at radius 2 is 2.27 bits per heavy atom. The van der Waals surface area contributed by atoms with E-state index in [2.05, 4.69) is 11.8 Å². The van der Waals surface area contributed by atoms with Crippen LogP contribution in [0.4, 0.5) is 15.8 Å². The SMILES string of the molecule is CCC1CCCN1c1cc(N)cc(F)c1. The summed E-state index contributed by atoms with van der Waals surface area (Å²) in [5, 5.41) is 0. The van der Waals surface area contributed by atoms with Crippen LogP contribution in [-0.4, -0.2) is 12.6 Å². The number of nitrogen functional groups attached to an aromatic ring is 1. The van der Waals surface area contributed by atoms with Crippen molar-refractivity contribution < 1.29 is 4.39 Å². The maximum Gasteiger partial charge on any atom is 0.127 e. The summed E-state index contributed by atoms with van der Waals surface area (Å²) in [7, 11) is 0. The van der Waals surface area contributed by atoms with Gasteiger partial charge in [-0.3, -0.25) is 0 Å². The highest BCUT2D eigenvalue weighted by atomic mass is 19.1. The number of hydrogen-bond acceptors (Lipinski definition) is 2. The van der Waals surface area contributed by atoms with Crippen molar-refractivity contribution in [2.24, 2.45) is 0 Å². The van der Waals surface area contributed by atoms with Gasteiger partial charge < -0.3 is 10.6 Å². The van der Waals surface area contributed by atoms with Crippen molar-refractivity contribution in [3.05, 3.63) is 24.0 Å². The topological polar surface area (TPSA) is 29.3 Å². The molecule has 2 rings (SSSR count). The number of hydrogen-bond donors (Lipinski definition) is 1. The largest absolute Gasteiger partial charge is 0.399 e. The quantitative estimate of drug-likeness (QED) is 0.757. The van der Waals surface area contributed by atoms with Gasteiger partial charge in [0, 0.05) is 24.0 Å². The summed E-state index contributed by atoms with van der Waals surface area (Å²) in [6.45, 7) is 3.19. The third kappa shape index (κ3) is 2.06. The molecule has 0 radical (unpaired) electrons. The van der Waals surface area contributed by atoms with Crippen LogP contribution in [0.1, 0.15) is 26.2 Å². The van der Waals surface area contributed by atoms with Gasteiger partial charge in [0.25, 0.3) is 0 Å². The highest BCUT2D eigenvalue weighted by Crippen LogP contribution is 2.29. The fourth-order valence-corrected chi connectivity index (χ4v) is 2.36. The van der Waals surface area contributed by atoms with Crippen LogP contribution < -0.4 is 10.6 Å². The van der Waals surface area contributed by atoms with Crippen LogP contribution >= 0.6 is 0 Å². The average molecular weight is 208 g/mol. The molecule has 3 heteroatoms. The van der Waals surface area contributed by atoms with Crippen LogP contribution in [0.3, 0.4) is 0 Å². The molecular formula is C12H17FN2. The minimum absolute atomic E-state index is 0.244. The van der Waals surface area contributed by atoms with Gasteiger partial charge in [0.1, 0.15) is 5.82 Å². The second-order valence-corrected chi connectivity index (χ2v) is 4.14. The molecule has 1 heterocycles. The Bertz CT molecular complexity index is 331. The molecule has 0 aliphatic carbocycles. The lowest BCUT2D eigenvalue weighted by Crippen LogP contribution is -2.28. The zero-order valence-corrected chi connectivity index (χ0v) is 9.04. The third-order valence-electron chi connectivity index (χ3n) is 3.08. The standard InChI is InChI=1S/C12H17FN2/c1-2-11-4-3-5-15(11)12-7-9(13)6-10(14)8-12/h6-8,11H,2-5,14H2,1H3. The van der Waals surface area contributed by atoms with E-state index in [0.29, 0.717) is 11.7 Å². The van der Waals surface area contributed by atoms with E-state index < -0.39 is 0 Å². The summed E-state index contributed by atoms with van der Waals surface area (Å²) in [6.07, 6.45) is 3.50.